The Morgan fingerprint density at radius 2 is 1.75 bits per heavy atom. The maximum Gasteiger partial charge on any atom is 0.214 e. The summed E-state index contributed by atoms with van der Waals surface area (Å²) in [7, 11) is -3.21. The smallest absolute Gasteiger partial charge is 0.212 e. The van der Waals surface area contributed by atoms with E-state index >= 15 is 0 Å². The van der Waals surface area contributed by atoms with Crippen LogP contribution in [0.4, 0.5) is 0 Å². The van der Waals surface area contributed by atoms with Gasteiger partial charge in [-0.15, -0.1) is 0 Å². The highest BCUT2D eigenvalue weighted by Gasteiger charge is 2.21. The Hall–Kier alpha value is -0.870. The SMILES string of the molecule is CCC(C)S(=O)(=O)NC(C)c1ccccc1. The van der Waals surface area contributed by atoms with E-state index in [2.05, 4.69) is 4.72 Å². The Morgan fingerprint density at radius 3 is 2.25 bits per heavy atom. The molecular formula is C12H19NO2S. The third kappa shape index (κ3) is 3.32. The maximum atomic E-state index is 11.8. The second kappa shape index (κ2) is 5.46. The monoisotopic (exact) mass is 241 g/mol. The van der Waals surface area contributed by atoms with Crippen molar-refractivity contribution in [2.24, 2.45) is 0 Å². The van der Waals surface area contributed by atoms with E-state index in [-0.39, 0.29) is 11.3 Å². The molecule has 0 aromatic heterocycles. The van der Waals surface area contributed by atoms with Gasteiger partial charge in [0, 0.05) is 6.04 Å². The van der Waals surface area contributed by atoms with Gasteiger partial charge in [-0.1, -0.05) is 37.3 Å². The third-order valence-corrected chi connectivity index (χ3v) is 4.82. The van der Waals surface area contributed by atoms with Crippen LogP contribution in [0.25, 0.3) is 0 Å². The minimum Gasteiger partial charge on any atom is -0.212 e. The fraction of sp³-hybridized carbons (Fsp3) is 0.500. The molecule has 1 rings (SSSR count). The highest BCUT2D eigenvalue weighted by Crippen LogP contribution is 2.14. The zero-order valence-electron chi connectivity index (χ0n) is 9.97. The van der Waals surface area contributed by atoms with Crippen molar-refractivity contribution in [3.05, 3.63) is 35.9 Å². The van der Waals surface area contributed by atoms with Gasteiger partial charge < -0.3 is 0 Å². The summed E-state index contributed by atoms with van der Waals surface area (Å²) < 4.78 is 26.4. The molecule has 4 heteroatoms. The van der Waals surface area contributed by atoms with Gasteiger partial charge in [0.15, 0.2) is 0 Å². The van der Waals surface area contributed by atoms with Crippen molar-refractivity contribution in [3.63, 3.8) is 0 Å². The number of hydrogen-bond acceptors (Lipinski definition) is 2. The molecule has 1 aromatic carbocycles. The second-order valence-electron chi connectivity index (χ2n) is 4.01. The summed E-state index contributed by atoms with van der Waals surface area (Å²) in [5, 5.41) is -0.348. The lowest BCUT2D eigenvalue weighted by atomic mass is 10.1. The van der Waals surface area contributed by atoms with E-state index in [9.17, 15) is 8.42 Å². The van der Waals surface area contributed by atoms with Crippen LogP contribution in [0.2, 0.25) is 0 Å². The zero-order chi connectivity index (χ0) is 12.2. The van der Waals surface area contributed by atoms with Crippen LogP contribution >= 0.6 is 0 Å². The van der Waals surface area contributed by atoms with E-state index in [1.54, 1.807) is 6.92 Å². The van der Waals surface area contributed by atoms with Gasteiger partial charge >= 0.3 is 0 Å². The summed E-state index contributed by atoms with van der Waals surface area (Å²) in [4.78, 5) is 0. The molecule has 0 aliphatic heterocycles. The molecule has 16 heavy (non-hydrogen) atoms. The largest absolute Gasteiger partial charge is 0.214 e. The maximum absolute atomic E-state index is 11.8. The van der Waals surface area contributed by atoms with E-state index in [1.807, 2.05) is 44.2 Å². The Bertz CT molecular complexity index is 414. The van der Waals surface area contributed by atoms with Crippen LogP contribution < -0.4 is 4.72 Å². The molecule has 0 amide bonds. The van der Waals surface area contributed by atoms with Crippen LogP contribution in [0, 0.1) is 0 Å². The van der Waals surface area contributed by atoms with Crippen molar-refractivity contribution in [1.82, 2.24) is 4.72 Å². The summed E-state index contributed by atoms with van der Waals surface area (Å²) in [5.41, 5.74) is 0.981. The first-order chi connectivity index (χ1) is 7.47. The van der Waals surface area contributed by atoms with Crippen LogP contribution in [0.1, 0.15) is 38.8 Å². The predicted octanol–water partition coefficient (Wildman–Crippen LogP) is 2.47. The molecule has 1 aromatic rings. The Kier molecular flexibility index (Phi) is 4.50. The number of hydrogen-bond donors (Lipinski definition) is 1. The van der Waals surface area contributed by atoms with Gasteiger partial charge in [-0.25, -0.2) is 13.1 Å². The molecule has 0 saturated carbocycles. The average molecular weight is 241 g/mol. The van der Waals surface area contributed by atoms with Gasteiger partial charge in [0.1, 0.15) is 0 Å². The van der Waals surface area contributed by atoms with Crippen molar-refractivity contribution in [1.29, 1.82) is 0 Å². The summed E-state index contributed by atoms with van der Waals surface area (Å²) in [6.45, 7) is 5.45. The summed E-state index contributed by atoms with van der Waals surface area (Å²) in [5.74, 6) is 0. The van der Waals surface area contributed by atoms with Crippen molar-refractivity contribution in [2.45, 2.75) is 38.5 Å². The van der Waals surface area contributed by atoms with Gasteiger partial charge in [-0.05, 0) is 25.8 Å². The minimum atomic E-state index is -3.21. The topological polar surface area (TPSA) is 46.2 Å². The van der Waals surface area contributed by atoms with Gasteiger partial charge in [-0.2, -0.15) is 0 Å². The molecule has 0 bridgehead atoms. The lowest BCUT2D eigenvalue weighted by Crippen LogP contribution is -2.34. The first-order valence-electron chi connectivity index (χ1n) is 5.53. The molecule has 2 unspecified atom stereocenters. The molecule has 0 saturated heterocycles. The quantitative estimate of drug-likeness (QED) is 0.860. The molecule has 0 aliphatic carbocycles. The lowest BCUT2D eigenvalue weighted by molar-refractivity contribution is 0.552. The van der Waals surface area contributed by atoms with Crippen LogP contribution in [0.15, 0.2) is 30.3 Å². The van der Waals surface area contributed by atoms with E-state index in [0.717, 1.165) is 5.56 Å². The van der Waals surface area contributed by atoms with Crippen molar-refractivity contribution in [2.75, 3.05) is 0 Å². The molecule has 1 N–H and O–H groups in total. The average Bonchev–Trinajstić information content (AvgIpc) is 2.28. The van der Waals surface area contributed by atoms with E-state index in [0.29, 0.717) is 6.42 Å². The fourth-order valence-corrected chi connectivity index (χ4v) is 2.69. The number of nitrogens with one attached hydrogen (secondary N) is 1. The lowest BCUT2D eigenvalue weighted by Gasteiger charge is -2.17. The Labute approximate surface area is 97.9 Å². The first-order valence-corrected chi connectivity index (χ1v) is 7.08. The normalized spacial score (nSPS) is 15.7. The first kappa shape index (κ1) is 13.2. The number of sulfonamides is 1. The molecule has 2 atom stereocenters. The van der Waals surface area contributed by atoms with Crippen molar-refractivity contribution < 1.29 is 8.42 Å². The highest BCUT2D eigenvalue weighted by molar-refractivity contribution is 7.90. The van der Waals surface area contributed by atoms with Crippen molar-refractivity contribution in [3.8, 4) is 0 Å². The molecule has 0 radical (unpaired) electrons. The summed E-state index contributed by atoms with van der Waals surface area (Å²) in [6.07, 6.45) is 0.622. The van der Waals surface area contributed by atoms with Crippen LogP contribution in [0.3, 0.4) is 0 Å². The Morgan fingerprint density at radius 1 is 1.19 bits per heavy atom. The molecule has 0 heterocycles. The molecular weight excluding hydrogens is 222 g/mol. The van der Waals surface area contributed by atoms with Gasteiger partial charge in [0.05, 0.1) is 5.25 Å². The Balaban J connectivity index is 2.76. The highest BCUT2D eigenvalue weighted by atomic mass is 32.2. The number of benzene rings is 1. The fourth-order valence-electron chi connectivity index (χ4n) is 1.39. The molecule has 0 spiro atoms. The standard InChI is InChI=1S/C12H19NO2S/c1-4-10(2)16(14,15)13-11(3)12-8-6-5-7-9-12/h5-11,13H,4H2,1-3H3. The van der Waals surface area contributed by atoms with Gasteiger partial charge in [0.2, 0.25) is 10.0 Å². The molecule has 0 aliphatic rings. The van der Waals surface area contributed by atoms with Gasteiger partial charge in [0.25, 0.3) is 0 Å². The van der Waals surface area contributed by atoms with Gasteiger partial charge in [-0.3, -0.25) is 0 Å². The second-order valence-corrected chi connectivity index (χ2v) is 6.14. The van der Waals surface area contributed by atoms with E-state index in [4.69, 9.17) is 0 Å². The minimum absolute atomic E-state index is 0.180. The van der Waals surface area contributed by atoms with Crippen molar-refractivity contribution >= 4 is 10.0 Å². The summed E-state index contributed by atoms with van der Waals surface area (Å²) >= 11 is 0. The molecule has 90 valence electrons. The van der Waals surface area contributed by atoms with E-state index in [1.165, 1.54) is 0 Å². The molecule has 0 fully saturated rings. The molecule has 3 nitrogen and oxygen atoms in total. The van der Waals surface area contributed by atoms with Crippen LogP contribution in [-0.4, -0.2) is 13.7 Å². The van der Waals surface area contributed by atoms with E-state index < -0.39 is 10.0 Å². The zero-order valence-corrected chi connectivity index (χ0v) is 10.8. The third-order valence-electron chi connectivity index (χ3n) is 2.75. The predicted molar refractivity (Wildman–Crippen MR) is 66.7 cm³/mol. The van der Waals surface area contributed by atoms with Crippen LogP contribution in [0.5, 0.6) is 0 Å². The van der Waals surface area contributed by atoms with Crippen LogP contribution in [-0.2, 0) is 10.0 Å². The number of rotatable bonds is 5. The summed E-state index contributed by atoms with van der Waals surface area (Å²) in [6, 6.07) is 9.39.